The van der Waals surface area contributed by atoms with Crippen LogP contribution in [0.5, 0.6) is 0 Å². The Kier molecular flexibility index (Phi) is 5.77. The summed E-state index contributed by atoms with van der Waals surface area (Å²) in [5, 5.41) is 4.56. The molecule has 1 aromatic carbocycles. The Hall–Kier alpha value is -1.65. The van der Waals surface area contributed by atoms with Crippen LogP contribution in [-0.2, 0) is 9.47 Å². The molecular weight excluding hydrogens is 252 g/mol. The van der Waals surface area contributed by atoms with Crippen molar-refractivity contribution in [3.05, 3.63) is 35.9 Å². The number of fused-ring (bicyclic) bond motifs is 1. The molecule has 1 heterocycles. The van der Waals surface area contributed by atoms with Crippen LogP contribution in [0.2, 0.25) is 0 Å². The second-order valence-electron chi connectivity index (χ2n) is 4.73. The van der Waals surface area contributed by atoms with Crippen molar-refractivity contribution in [2.75, 3.05) is 38.8 Å². The summed E-state index contributed by atoms with van der Waals surface area (Å²) in [7, 11) is 1.68. The Bertz CT molecular complexity index is 543. The molecule has 0 unspecified atom stereocenters. The van der Waals surface area contributed by atoms with Crippen molar-refractivity contribution >= 4 is 16.7 Å². The maximum Gasteiger partial charge on any atom is 0.126 e. The van der Waals surface area contributed by atoms with Crippen LogP contribution in [0.4, 0.5) is 5.82 Å². The van der Waals surface area contributed by atoms with Crippen molar-refractivity contribution in [3.8, 4) is 0 Å². The number of pyridine rings is 1. The highest BCUT2D eigenvalue weighted by atomic mass is 16.5. The molecule has 108 valence electrons. The van der Waals surface area contributed by atoms with Crippen molar-refractivity contribution in [1.29, 1.82) is 0 Å². The van der Waals surface area contributed by atoms with Gasteiger partial charge in [0.25, 0.3) is 0 Å². The topological polar surface area (TPSA) is 43.4 Å². The fraction of sp³-hybridized carbons (Fsp3) is 0.438. The summed E-state index contributed by atoms with van der Waals surface area (Å²) in [4.78, 5) is 4.61. The molecule has 4 nitrogen and oxygen atoms in total. The zero-order chi connectivity index (χ0) is 14.2. The van der Waals surface area contributed by atoms with E-state index in [0.29, 0.717) is 13.2 Å². The zero-order valence-electron chi connectivity index (χ0n) is 12.2. The van der Waals surface area contributed by atoms with Gasteiger partial charge in [-0.1, -0.05) is 18.2 Å². The molecule has 0 radical (unpaired) electrons. The average Bonchev–Trinajstić information content (AvgIpc) is 2.46. The number of rotatable bonds is 8. The number of aryl methyl sites for hydroxylation is 1. The van der Waals surface area contributed by atoms with Crippen molar-refractivity contribution in [1.82, 2.24) is 4.98 Å². The minimum absolute atomic E-state index is 0.652. The second-order valence-corrected chi connectivity index (χ2v) is 4.73. The van der Waals surface area contributed by atoms with Crippen LogP contribution in [0.3, 0.4) is 0 Å². The first-order valence-corrected chi connectivity index (χ1v) is 6.98. The number of ether oxygens (including phenoxy) is 2. The van der Waals surface area contributed by atoms with E-state index < -0.39 is 0 Å². The molecular formula is C16H22N2O2. The van der Waals surface area contributed by atoms with Crippen LogP contribution in [0.25, 0.3) is 10.9 Å². The molecule has 0 atom stereocenters. The summed E-state index contributed by atoms with van der Waals surface area (Å²) in [5.41, 5.74) is 2.28. The van der Waals surface area contributed by atoms with Gasteiger partial charge < -0.3 is 14.8 Å². The maximum absolute atomic E-state index is 5.42. The summed E-state index contributed by atoms with van der Waals surface area (Å²) in [6, 6.07) is 10.3. The van der Waals surface area contributed by atoms with Crippen LogP contribution in [-0.4, -0.2) is 38.5 Å². The van der Waals surface area contributed by atoms with Gasteiger partial charge in [0.1, 0.15) is 5.82 Å². The lowest BCUT2D eigenvalue weighted by atomic mass is 10.1. The number of aromatic nitrogens is 1. The lowest BCUT2D eigenvalue weighted by Gasteiger charge is -2.09. The van der Waals surface area contributed by atoms with Gasteiger partial charge in [-0.2, -0.15) is 0 Å². The summed E-state index contributed by atoms with van der Waals surface area (Å²) in [6.45, 7) is 5.02. The van der Waals surface area contributed by atoms with E-state index in [1.165, 1.54) is 10.9 Å². The Morgan fingerprint density at radius 2 is 2.00 bits per heavy atom. The number of benzene rings is 1. The Morgan fingerprint density at radius 3 is 2.85 bits per heavy atom. The molecule has 0 fully saturated rings. The molecule has 0 aliphatic heterocycles. The van der Waals surface area contributed by atoms with Gasteiger partial charge in [-0.25, -0.2) is 4.98 Å². The molecule has 0 saturated heterocycles. The number of anilines is 1. The summed E-state index contributed by atoms with van der Waals surface area (Å²) in [5.74, 6) is 0.929. The number of hydrogen-bond donors (Lipinski definition) is 1. The molecule has 0 spiro atoms. The van der Waals surface area contributed by atoms with Gasteiger partial charge in [0.15, 0.2) is 0 Å². The maximum atomic E-state index is 5.42. The van der Waals surface area contributed by atoms with Gasteiger partial charge in [0.05, 0.1) is 18.7 Å². The molecule has 1 N–H and O–H groups in total. The minimum Gasteiger partial charge on any atom is -0.382 e. The first kappa shape index (κ1) is 14.8. The van der Waals surface area contributed by atoms with E-state index in [1.807, 2.05) is 18.2 Å². The molecule has 4 heteroatoms. The predicted octanol–water partition coefficient (Wildman–Crippen LogP) is 3.01. The van der Waals surface area contributed by atoms with Crippen LogP contribution < -0.4 is 5.32 Å². The van der Waals surface area contributed by atoms with E-state index >= 15 is 0 Å². The number of hydrogen-bond acceptors (Lipinski definition) is 4. The quantitative estimate of drug-likeness (QED) is 0.751. The third-order valence-electron chi connectivity index (χ3n) is 3.13. The molecule has 2 rings (SSSR count). The average molecular weight is 274 g/mol. The molecule has 2 aromatic rings. The third kappa shape index (κ3) is 4.18. The van der Waals surface area contributed by atoms with E-state index in [0.717, 1.165) is 30.9 Å². The lowest BCUT2D eigenvalue weighted by Crippen LogP contribution is -2.09. The van der Waals surface area contributed by atoms with Gasteiger partial charge in [-0.05, 0) is 31.0 Å². The van der Waals surface area contributed by atoms with Crippen LogP contribution in [0.15, 0.2) is 30.3 Å². The van der Waals surface area contributed by atoms with E-state index in [9.17, 15) is 0 Å². The highest BCUT2D eigenvalue weighted by Gasteiger charge is 2.01. The van der Waals surface area contributed by atoms with Crippen molar-refractivity contribution in [2.45, 2.75) is 13.3 Å². The third-order valence-corrected chi connectivity index (χ3v) is 3.13. The molecule has 0 amide bonds. The highest BCUT2D eigenvalue weighted by molar-refractivity contribution is 5.83. The largest absolute Gasteiger partial charge is 0.382 e. The Morgan fingerprint density at radius 1 is 1.15 bits per heavy atom. The Labute approximate surface area is 120 Å². The standard InChI is InChI=1S/C16H22N2O2/c1-13-12-16(17-8-5-9-20-11-10-19-2)18-15-7-4-3-6-14(13)15/h3-4,6-7,12H,5,8-11H2,1-2H3,(H,17,18). The van der Waals surface area contributed by atoms with Crippen molar-refractivity contribution in [3.63, 3.8) is 0 Å². The van der Waals surface area contributed by atoms with Gasteiger partial charge in [0, 0.05) is 25.6 Å². The zero-order valence-corrected chi connectivity index (χ0v) is 12.2. The fourth-order valence-electron chi connectivity index (χ4n) is 2.08. The monoisotopic (exact) mass is 274 g/mol. The lowest BCUT2D eigenvalue weighted by molar-refractivity contribution is 0.0705. The van der Waals surface area contributed by atoms with Gasteiger partial charge in [-0.15, -0.1) is 0 Å². The molecule has 0 saturated carbocycles. The molecule has 1 aromatic heterocycles. The minimum atomic E-state index is 0.652. The van der Waals surface area contributed by atoms with Gasteiger partial charge in [-0.3, -0.25) is 0 Å². The number of para-hydroxylation sites is 1. The normalized spacial score (nSPS) is 10.9. The first-order chi connectivity index (χ1) is 9.81. The summed E-state index contributed by atoms with van der Waals surface area (Å²) >= 11 is 0. The van der Waals surface area contributed by atoms with Crippen LogP contribution in [0, 0.1) is 6.92 Å². The van der Waals surface area contributed by atoms with E-state index in [1.54, 1.807) is 7.11 Å². The second kappa shape index (κ2) is 7.82. The molecule has 0 aliphatic rings. The van der Waals surface area contributed by atoms with Crippen LogP contribution >= 0.6 is 0 Å². The smallest absolute Gasteiger partial charge is 0.126 e. The van der Waals surface area contributed by atoms with E-state index in [2.05, 4.69) is 29.4 Å². The fourth-order valence-corrected chi connectivity index (χ4v) is 2.08. The first-order valence-electron chi connectivity index (χ1n) is 6.98. The number of methoxy groups -OCH3 is 1. The summed E-state index contributed by atoms with van der Waals surface area (Å²) < 4.78 is 10.3. The predicted molar refractivity (Wildman–Crippen MR) is 82.3 cm³/mol. The van der Waals surface area contributed by atoms with E-state index in [4.69, 9.17) is 9.47 Å². The van der Waals surface area contributed by atoms with Gasteiger partial charge in [0.2, 0.25) is 0 Å². The van der Waals surface area contributed by atoms with Crippen molar-refractivity contribution in [2.24, 2.45) is 0 Å². The van der Waals surface area contributed by atoms with Crippen molar-refractivity contribution < 1.29 is 9.47 Å². The highest BCUT2D eigenvalue weighted by Crippen LogP contribution is 2.19. The van der Waals surface area contributed by atoms with Crippen LogP contribution in [0.1, 0.15) is 12.0 Å². The number of nitrogens with zero attached hydrogens (tertiary/aromatic N) is 1. The van der Waals surface area contributed by atoms with E-state index in [-0.39, 0.29) is 0 Å². The Balaban J connectivity index is 1.81. The number of nitrogens with one attached hydrogen (secondary N) is 1. The summed E-state index contributed by atoms with van der Waals surface area (Å²) in [6.07, 6.45) is 0.956. The SMILES string of the molecule is COCCOCCCNc1cc(C)c2ccccc2n1. The molecule has 0 aliphatic carbocycles. The molecule has 0 bridgehead atoms. The van der Waals surface area contributed by atoms with Gasteiger partial charge >= 0.3 is 0 Å². The molecule has 20 heavy (non-hydrogen) atoms.